The van der Waals surface area contributed by atoms with Crippen molar-refractivity contribution in [2.45, 2.75) is 0 Å². The number of hydrogen-bond donors (Lipinski definition) is 2. The van der Waals surface area contributed by atoms with Crippen molar-refractivity contribution in [3.05, 3.63) is 65.8 Å². The molecule has 0 radical (unpaired) electrons. The summed E-state index contributed by atoms with van der Waals surface area (Å²) >= 11 is 1.65. The van der Waals surface area contributed by atoms with Gasteiger partial charge in [0.05, 0.1) is 28.1 Å². The van der Waals surface area contributed by atoms with E-state index in [4.69, 9.17) is 9.97 Å². The number of allylic oxidation sites excluding steroid dienone is 3. The molecule has 5 aromatic heterocycles. The molecule has 30 heavy (non-hydrogen) atoms. The number of fused-ring (bicyclic) bond motifs is 2. The molecule has 0 amide bonds. The number of aromatic nitrogens is 6. The molecule has 0 bridgehead atoms. The average Bonchev–Trinajstić information content (AvgIpc) is 3.49. The molecular formula is C22H15N7S. The Hall–Kier alpha value is -3.91. The summed E-state index contributed by atoms with van der Waals surface area (Å²) in [7, 11) is 0. The van der Waals surface area contributed by atoms with E-state index in [-0.39, 0.29) is 0 Å². The first kappa shape index (κ1) is 17.0. The van der Waals surface area contributed by atoms with Crippen molar-refractivity contribution in [2.24, 2.45) is 4.99 Å². The smallest absolute Gasteiger partial charge is 0.161 e. The third-order valence-electron chi connectivity index (χ3n) is 4.97. The van der Waals surface area contributed by atoms with Gasteiger partial charge in [-0.25, -0.2) is 9.97 Å². The van der Waals surface area contributed by atoms with Crippen molar-refractivity contribution >= 4 is 45.2 Å². The van der Waals surface area contributed by atoms with Gasteiger partial charge in [-0.1, -0.05) is 18.2 Å². The Kier molecular flexibility index (Phi) is 3.88. The summed E-state index contributed by atoms with van der Waals surface area (Å²) < 4.78 is 0. The fourth-order valence-corrected chi connectivity index (χ4v) is 4.27. The molecule has 6 rings (SSSR count). The summed E-state index contributed by atoms with van der Waals surface area (Å²) in [6.45, 7) is 0.641. The summed E-state index contributed by atoms with van der Waals surface area (Å²) in [4.78, 5) is 23.0. The minimum Gasteiger partial charge on any atom is -0.336 e. The summed E-state index contributed by atoms with van der Waals surface area (Å²) in [5, 5.41) is 9.60. The average molecular weight is 409 g/mol. The maximum atomic E-state index is 4.88. The van der Waals surface area contributed by atoms with Crippen LogP contribution in [0.15, 0.2) is 65.1 Å². The molecule has 0 atom stereocenters. The SMILES string of the molecule is C1=CC(c2ccc3[nH]nc(-c4nc5c(-c6cccs6)nccc5[nH]4)c3n2)=CCN=C1. The number of hydrogen-bond acceptors (Lipinski definition) is 6. The highest BCUT2D eigenvalue weighted by molar-refractivity contribution is 7.13. The maximum absolute atomic E-state index is 4.88. The molecule has 1 aliphatic heterocycles. The molecule has 6 heterocycles. The van der Waals surface area contributed by atoms with Crippen molar-refractivity contribution < 1.29 is 0 Å². The molecule has 5 aromatic rings. The van der Waals surface area contributed by atoms with Crippen LogP contribution >= 0.6 is 11.3 Å². The number of thiophene rings is 1. The van der Waals surface area contributed by atoms with Crippen molar-refractivity contribution in [3.63, 3.8) is 0 Å². The van der Waals surface area contributed by atoms with Crippen molar-refractivity contribution in [1.29, 1.82) is 0 Å². The quantitative estimate of drug-likeness (QED) is 0.453. The van der Waals surface area contributed by atoms with Crippen LogP contribution < -0.4 is 0 Å². The lowest BCUT2D eigenvalue weighted by Crippen LogP contribution is -1.90. The monoisotopic (exact) mass is 409 g/mol. The summed E-state index contributed by atoms with van der Waals surface area (Å²) in [6, 6.07) is 9.98. The van der Waals surface area contributed by atoms with Gasteiger partial charge in [-0.15, -0.1) is 11.3 Å². The normalized spacial score (nSPS) is 13.8. The van der Waals surface area contributed by atoms with E-state index in [2.05, 4.69) is 37.3 Å². The second-order valence-corrected chi connectivity index (χ2v) is 7.76. The van der Waals surface area contributed by atoms with Crippen molar-refractivity contribution in [1.82, 2.24) is 30.1 Å². The zero-order chi connectivity index (χ0) is 19.9. The topological polar surface area (TPSA) is 95.5 Å². The van der Waals surface area contributed by atoms with E-state index in [9.17, 15) is 0 Å². The van der Waals surface area contributed by atoms with Crippen LogP contribution in [0.25, 0.3) is 49.7 Å². The lowest BCUT2D eigenvalue weighted by Gasteiger charge is -2.01. The Morgan fingerprint density at radius 1 is 0.967 bits per heavy atom. The first-order chi connectivity index (χ1) is 14.9. The van der Waals surface area contributed by atoms with Crippen LogP contribution in [0.1, 0.15) is 5.69 Å². The van der Waals surface area contributed by atoms with Gasteiger partial charge in [0, 0.05) is 12.4 Å². The Morgan fingerprint density at radius 3 is 2.87 bits per heavy atom. The molecule has 0 saturated carbocycles. The lowest BCUT2D eigenvalue weighted by atomic mass is 10.1. The number of H-pyrrole nitrogens is 2. The van der Waals surface area contributed by atoms with Crippen LogP contribution in [0.2, 0.25) is 0 Å². The second kappa shape index (κ2) is 6.85. The molecule has 0 fully saturated rings. The van der Waals surface area contributed by atoms with Crippen LogP contribution in [0.4, 0.5) is 0 Å². The number of pyridine rings is 2. The highest BCUT2D eigenvalue weighted by atomic mass is 32.1. The van der Waals surface area contributed by atoms with E-state index in [1.54, 1.807) is 23.7 Å². The highest BCUT2D eigenvalue weighted by Gasteiger charge is 2.17. The Labute approximate surface area is 175 Å². The second-order valence-electron chi connectivity index (χ2n) is 6.82. The van der Waals surface area contributed by atoms with E-state index in [0.717, 1.165) is 43.9 Å². The predicted octanol–water partition coefficient (Wildman–Crippen LogP) is 4.65. The summed E-state index contributed by atoms with van der Waals surface area (Å²) in [5.41, 5.74) is 6.86. The van der Waals surface area contributed by atoms with Gasteiger partial charge in [-0.05, 0) is 41.3 Å². The van der Waals surface area contributed by atoms with E-state index in [0.29, 0.717) is 18.1 Å². The fraction of sp³-hybridized carbons (Fsp3) is 0.0455. The van der Waals surface area contributed by atoms with Gasteiger partial charge in [-0.3, -0.25) is 15.1 Å². The van der Waals surface area contributed by atoms with Crippen LogP contribution in [-0.2, 0) is 0 Å². The van der Waals surface area contributed by atoms with Crippen LogP contribution in [0.5, 0.6) is 0 Å². The minimum atomic E-state index is 0.641. The molecular weight excluding hydrogens is 394 g/mol. The molecule has 0 spiro atoms. The predicted molar refractivity (Wildman–Crippen MR) is 121 cm³/mol. The fourth-order valence-electron chi connectivity index (χ4n) is 3.54. The number of nitrogens with one attached hydrogen (secondary N) is 2. The van der Waals surface area contributed by atoms with Gasteiger partial charge >= 0.3 is 0 Å². The molecule has 144 valence electrons. The van der Waals surface area contributed by atoms with Gasteiger partial charge in [0.1, 0.15) is 16.7 Å². The molecule has 0 aromatic carbocycles. The maximum Gasteiger partial charge on any atom is 0.161 e. The highest BCUT2D eigenvalue weighted by Crippen LogP contribution is 2.32. The van der Waals surface area contributed by atoms with E-state index in [1.165, 1.54) is 0 Å². The number of nitrogens with zero attached hydrogens (tertiary/aromatic N) is 5. The van der Waals surface area contributed by atoms with Crippen LogP contribution in [0, 0.1) is 0 Å². The number of aliphatic imine (C=N–C) groups is 1. The molecule has 0 unspecified atom stereocenters. The van der Waals surface area contributed by atoms with E-state index in [1.807, 2.05) is 41.8 Å². The van der Waals surface area contributed by atoms with Gasteiger partial charge in [0.15, 0.2) is 11.5 Å². The molecule has 2 N–H and O–H groups in total. The number of rotatable bonds is 3. The van der Waals surface area contributed by atoms with Gasteiger partial charge in [0.2, 0.25) is 0 Å². The lowest BCUT2D eigenvalue weighted by molar-refractivity contribution is 1.10. The zero-order valence-electron chi connectivity index (χ0n) is 15.7. The van der Waals surface area contributed by atoms with E-state index >= 15 is 0 Å². The standard InChI is InChI=1S/C22H15N7S/c1-3-13(7-10-23-9-1)14-5-6-16-19(25-14)21(29-28-16)22-26-15-8-11-24-20(18(15)27-22)17-4-2-12-30-17/h1-9,11-12H,10H2,(H,26,27)(H,28,29). The Balaban J connectivity index is 1.50. The van der Waals surface area contributed by atoms with E-state index < -0.39 is 0 Å². The first-order valence-corrected chi connectivity index (χ1v) is 10.4. The Bertz CT molecular complexity index is 1470. The van der Waals surface area contributed by atoms with Crippen LogP contribution in [0.3, 0.4) is 0 Å². The Morgan fingerprint density at radius 2 is 1.93 bits per heavy atom. The first-order valence-electron chi connectivity index (χ1n) is 9.48. The molecule has 7 nitrogen and oxygen atoms in total. The third-order valence-corrected chi connectivity index (χ3v) is 5.84. The molecule has 0 aliphatic carbocycles. The minimum absolute atomic E-state index is 0.641. The largest absolute Gasteiger partial charge is 0.336 e. The summed E-state index contributed by atoms with van der Waals surface area (Å²) in [5.74, 6) is 0.667. The molecule has 0 saturated heterocycles. The molecule has 1 aliphatic rings. The number of aromatic amines is 2. The van der Waals surface area contributed by atoms with Crippen molar-refractivity contribution in [2.75, 3.05) is 6.54 Å². The van der Waals surface area contributed by atoms with Crippen LogP contribution in [-0.4, -0.2) is 42.9 Å². The summed E-state index contributed by atoms with van der Waals surface area (Å²) in [6.07, 6.45) is 9.61. The number of imidazole rings is 1. The van der Waals surface area contributed by atoms with Gasteiger partial charge in [0.25, 0.3) is 0 Å². The van der Waals surface area contributed by atoms with Gasteiger partial charge in [-0.2, -0.15) is 5.10 Å². The molecule has 8 heteroatoms. The van der Waals surface area contributed by atoms with Crippen molar-refractivity contribution in [3.8, 4) is 22.1 Å². The third kappa shape index (κ3) is 2.77. The zero-order valence-corrected chi connectivity index (χ0v) is 16.5. The van der Waals surface area contributed by atoms with Gasteiger partial charge < -0.3 is 4.98 Å².